The molecule has 1 aliphatic carbocycles. The van der Waals surface area contributed by atoms with Crippen molar-refractivity contribution in [3.63, 3.8) is 0 Å². The molecule has 26 heavy (non-hydrogen) atoms. The van der Waals surface area contributed by atoms with E-state index in [1.165, 1.54) is 43.5 Å². The molecule has 2 aromatic rings. The molecule has 2 heteroatoms. The van der Waals surface area contributed by atoms with E-state index in [2.05, 4.69) is 60.4 Å². The standard InChI is InChI=1S/C24H31NO/c1-18-6-2-4-8-22(18)21-12-14-25(15-13-21)17-19-10-11-20-7-3-5-9-23(20)24(26)16-19/h2-9,19,21,24,26H,10-17H2,1H3/t19-,24-/m0/s1. The van der Waals surface area contributed by atoms with E-state index in [9.17, 15) is 5.11 Å². The van der Waals surface area contributed by atoms with E-state index in [0.717, 1.165) is 30.9 Å². The Hall–Kier alpha value is -1.64. The summed E-state index contributed by atoms with van der Waals surface area (Å²) in [6.07, 6.45) is 5.46. The summed E-state index contributed by atoms with van der Waals surface area (Å²) in [7, 11) is 0. The number of aliphatic hydroxyl groups excluding tert-OH is 1. The van der Waals surface area contributed by atoms with Gasteiger partial charge in [0.05, 0.1) is 6.10 Å². The van der Waals surface area contributed by atoms with Gasteiger partial charge in [-0.3, -0.25) is 0 Å². The van der Waals surface area contributed by atoms with Crippen LogP contribution >= 0.6 is 0 Å². The maximum Gasteiger partial charge on any atom is 0.0795 e. The highest BCUT2D eigenvalue weighted by Crippen LogP contribution is 2.34. The van der Waals surface area contributed by atoms with Crippen LogP contribution in [0.5, 0.6) is 0 Å². The van der Waals surface area contributed by atoms with E-state index in [1.807, 2.05) is 0 Å². The molecule has 4 rings (SSSR count). The first-order chi connectivity index (χ1) is 12.7. The second-order valence-corrected chi connectivity index (χ2v) is 8.29. The van der Waals surface area contributed by atoms with Crippen molar-refractivity contribution >= 4 is 0 Å². The lowest BCUT2D eigenvalue weighted by Crippen LogP contribution is -2.37. The SMILES string of the molecule is Cc1ccccc1C1CCN(C[C@H]2CCc3ccccc3[C@@H](O)C2)CC1. The molecule has 2 aromatic carbocycles. The molecule has 1 fully saturated rings. The van der Waals surface area contributed by atoms with Crippen LogP contribution in [0.3, 0.4) is 0 Å². The van der Waals surface area contributed by atoms with E-state index in [0.29, 0.717) is 5.92 Å². The third-order valence-electron chi connectivity index (χ3n) is 6.52. The predicted molar refractivity (Wildman–Crippen MR) is 107 cm³/mol. The second kappa shape index (κ2) is 7.94. The van der Waals surface area contributed by atoms with Crippen molar-refractivity contribution in [2.75, 3.05) is 19.6 Å². The molecule has 1 saturated heterocycles. The van der Waals surface area contributed by atoms with Crippen LogP contribution in [-0.4, -0.2) is 29.6 Å². The summed E-state index contributed by atoms with van der Waals surface area (Å²) in [5.74, 6) is 1.32. The summed E-state index contributed by atoms with van der Waals surface area (Å²) >= 11 is 0. The van der Waals surface area contributed by atoms with E-state index in [4.69, 9.17) is 0 Å². The number of benzene rings is 2. The molecule has 2 atom stereocenters. The fourth-order valence-corrected chi connectivity index (χ4v) is 5.01. The summed E-state index contributed by atoms with van der Waals surface area (Å²) in [5.41, 5.74) is 5.50. The van der Waals surface area contributed by atoms with E-state index < -0.39 is 0 Å². The highest BCUT2D eigenvalue weighted by Gasteiger charge is 2.27. The monoisotopic (exact) mass is 349 g/mol. The van der Waals surface area contributed by atoms with Crippen molar-refractivity contribution in [3.05, 3.63) is 70.8 Å². The zero-order valence-electron chi connectivity index (χ0n) is 15.9. The number of aryl methyl sites for hydroxylation is 2. The number of nitrogens with zero attached hydrogens (tertiary/aromatic N) is 1. The number of piperidine rings is 1. The molecule has 2 aliphatic rings. The highest BCUT2D eigenvalue weighted by atomic mass is 16.3. The van der Waals surface area contributed by atoms with Gasteiger partial charge in [0.2, 0.25) is 0 Å². The maximum atomic E-state index is 10.6. The molecule has 1 heterocycles. The average Bonchev–Trinajstić information content (AvgIpc) is 2.82. The lowest BCUT2D eigenvalue weighted by atomic mass is 9.86. The first-order valence-electron chi connectivity index (χ1n) is 10.2. The predicted octanol–water partition coefficient (Wildman–Crippen LogP) is 4.86. The van der Waals surface area contributed by atoms with E-state index in [1.54, 1.807) is 5.56 Å². The van der Waals surface area contributed by atoms with E-state index >= 15 is 0 Å². The van der Waals surface area contributed by atoms with Gasteiger partial charge in [0, 0.05) is 6.54 Å². The van der Waals surface area contributed by atoms with Gasteiger partial charge in [-0.1, -0.05) is 48.5 Å². The van der Waals surface area contributed by atoms with Crippen LogP contribution in [0.25, 0.3) is 0 Å². The molecular weight excluding hydrogens is 318 g/mol. The molecule has 0 saturated carbocycles. The molecule has 0 bridgehead atoms. The Morgan fingerprint density at radius 3 is 2.38 bits per heavy atom. The summed E-state index contributed by atoms with van der Waals surface area (Å²) in [5, 5.41) is 10.6. The number of aliphatic hydroxyl groups is 1. The van der Waals surface area contributed by atoms with Crippen LogP contribution in [0.1, 0.15) is 60.0 Å². The molecular formula is C24H31NO. The Morgan fingerprint density at radius 1 is 0.923 bits per heavy atom. The van der Waals surface area contributed by atoms with Crippen LogP contribution in [0.2, 0.25) is 0 Å². The van der Waals surface area contributed by atoms with Gasteiger partial charge in [0.25, 0.3) is 0 Å². The Labute approximate surface area is 157 Å². The average molecular weight is 350 g/mol. The molecule has 0 spiro atoms. The molecule has 138 valence electrons. The maximum absolute atomic E-state index is 10.6. The van der Waals surface area contributed by atoms with Gasteiger partial charge in [0.15, 0.2) is 0 Å². The number of fused-ring (bicyclic) bond motifs is 1. The minimum Gasteiger partial charge on any atom is -0.388 e. The molecule has 1 aliphatic heterocycles. The van der Waals surface area contributed by atoms with Gasteiger partial charge >= 0.3 is 0 Å². The normalized spacial score (nSPS) is 24.8. The van der Waals surface area contributed by atoms with Crippen LogP contribution in [-0.2, 0) is 6.42 Å². The Balaban J connectivity index is 1.33. The topological polar surface area (TPSA) is 23.5 Å². The minimum atomic E-state index is -0.289. The van der Waals surface area contributed by atoms with Gasteiger partial charge in [-0.2, -0.15) is 0 Å². The van der Waals surface area contributed by atoms with Gasteiger partial charge in [0.1, 0.15) is 0 Å². The number of rotatable bonds is 3. The molecule has 0 radical (unpaired) electrons. The molecule has 0 unspecified atom stereocenters. The van der Waals surface area contributed by atoms with Crippen molar-refractivity contribution < 1.29 is 5.11 Å². The quantitative estimate of drug-likeness (QED) is 0.800. The summed E-state index contributed by atoms with van der Waals surface area (Å²) in [6, 6.07) is 17.3. The third-order valence-corrected chi connectivity index (χ3v) is 6.52. The van der Waals surface area contributed by atoms with Crippen LogP contribution < -0.4 is 0 Å². The largest absolute Gasteiger partial charge is 0.388 e. The molecule has 0 amide bonds. The first-order valence-corrected chi connectivity index (χ1v) is 10.2. The van der Waals surface area contributed by atoms with Crippen molar-refractivity contribution in [2.45, 2.75) is 51.0 Å². The number of hydrogen-bond donors (Lipinski definition) is 1. The lowest BCUT2D eigenvalue weighted by molar-refractivity contribution is 0.117. The van der Waals surface area contributed by atoms with Gasteiger partial charge < -0.3 is 10.0 Å². The summed E-state index contributed by atoms with van der Waals surface area (Å²) < 4.78 is 0. The zero-order chi connectivity index (χ0) is 17.9. The zero-order valence-corrected chi connectivity index (χ0v) is 15.9. The minimum absolute atomic E-state index is 0.289. The van der Waals surface area contributed by atoms with Gasteiger partial charge in [-0.15, -0.1) is 0 Å². The van der Waals surface area contributed by atoms with Crippen molar-refractivity contribution in [1.82, 2.24) is 4.90 Å². The van der Waals surface area contributed by atoms with Crippen LogP contribution in [0.4, 0.5) is 0 Å². The molecule has 0 aromatic heterocycles. The Kier molecular flexibility index (Phi) is 5.42. The van der Waals surface area contributed by atoms with Gasteiger partial charge in [-0.25, -0.2) is 0 Å². The Bertz CT molecular complexity index is 732. The number of hydrogen-bond acceptors (Lipinski definition) is 2. The van der Waals surface area contributed by atoms with Crippen LogP contribution in [0.15, 0.2) is 48.5 Å². The van der Waals surface area contributed by atoms with Gasteiger partial charge in [-0.05, 0) is 86.2 Å². The summed E-state index contributed by atoms with van der Waals surface area (Å²) in [6.45, 7) is 5.77. The second-order valence-electron chi connectivity index (χ2n) is 8.29. The smallest absolute Gasteiger partial charge is 0.0795 e. The first kappa shape index (κ1) is 17.8. The van der Waals surface area contributed by atoms with Crippen molar-refractivity contribution in [1.29, 1.82) is 0 Å². The lowest BCUT2D eigenvalue weighted by Gasteiger charge is -2.35. The molecule has 1 N–H and O–H groups in total. The van der Waals surface area contributed by atoms with Crippen LogP contribution in [0, 0.1) is 12.8 Å². The third kappa shape index (κ3) is 3.87. The van der Waals surface area contributed by atoms with Crippen molar-refractivity contribution in [3.8, 4) is 0 Å². The molecule has 2 nitrogen and oxygen atoms in total. The highest BCUT2D eigenvalue weighted by molar-refractivity contribution is 5.31. The summed E-state index contributed by atoms with van der Waals surface area (Å²) in [4.78, 5) is 2.64. The van der Waals surface area contributed by atoms with Crippen molar-refractivity contribution in [2.24, 2.45) is 5.92 Å². The number of likely N-dealkylation sites (tertiary alicyclic amines) is 1. The fourth-order valence-electron chi connectivity index (χ4n) is 5.01. The fraction of sp³-hybridized carbons (Fsp3) is 0.500. The van der Waals surface area contributed by atoms with E-state index in [-0.39, 0.29) is 6.10 Å². The Morgan fingerprint density at radius 2 is 1.62 bits per heavy atom.